The molecule has 0 spiro atoms. The first kappa shape index (κ1) is 3.10. The normalized spacial score (nSPS) is 18.9. The second kappa shape index (κ2) is 2.85. The molecule has 2 aromatic heterocycles. The van der Waals surface area contributed by atoms with Gasteiger partial charge in [0.1, 0.15) is 5.82 Å². The Labute approximate surface area is 84.4 Å². The molecule has 2 rings (SSSR count). The van der Waals surface area contributed by atoms with Crippen LogP contribution >= 0.6 is 0 Å². The monoisotopic (exact) mass is 182 g/mol. The minimum Gasteiger partial charge on any atom is -0.309 e. The standard InChI is InChI=1S/C8H9N5/c1-6-4-11-13(5-6)7-2-3-10-8(9)12-7/h2-5H,1H3,(H2,9,10,12)/i1D3,2D,3D,4D,5D. The molecule has 0 aliphatic heterocycles. The van der Waals surface area contributed by atoms with E-state index in [2.05, 4.69) is 15.1 Å². The minimum atomic E-state index is -2.69. The van der Waals surface area contributed by atoms with Gasteiger partial charge in [-0.3, -0.25) is 5.41 Å². The molecule has 2 N–H and O–H groups in total. The summed E-state index contributed by atoms with van der Waals surface area (Å²) in [6.07, 6.45) is -1.72. The van der Waals surface area contributed by atoms with Crippen molar-refractivity contribution in [2.24, 2.45) is 0 Å². The number of aromatic nitrogens is 4. The first-order chi connectivity index (χ1) is 9.12. The summed E-state index contributed by atoms with van der Waals surface area (Å²) in [5.74, 6) is -0.246. The Kier molecular flexibility index (Phi) is 0.680. The summed E-state index contributed by atoms with van der Waals surface area (Å²) in [4.78, 5) is 5.72. The maximum atomic E-state index is 7.77. The first-order valence-corrected chi connectivity index (χ1v) is 3.32. The number of rotatable bonds is 1. The van der Waals surface area contributed by atoms with Crippen molar-refractivity contribution in [2.75, 3.05) is 0 Å². The molecule has 0 saturated carbocycles. The van der Waals surface area contributed by atoms with Gasteiger partial charge in [-0.15, -0.1) is 0 Å². The molecule has 66 valence electrons. The molecular formula is C8H9N5. The van der Waals surface area contributed by atoms with Crippen LogP contribution in [0, 0.1) is 12.3 Å². The summed E-state index contributed by atoms with van der Waals surface area (Å²) < 4.78 is 52.9. The Hall–Kier alpha value is -1.91. The fourth-order valence-electron chi connectivity index (χ4n) is 0.776. The van der Waals surface area contributed by atoms with Crippen LogP contribution < -0.4 is 5.62 Å². The van der Waals surface area contributed by atoms with E-state index in [4.69, 9.17) is 15.0 Å². The number of nitrogens with zero attached hydrogens (tertiary/aromatic N) is 3. The van der Waals surface area contributed by atoms with Gasteiger partial charge in [-0.2, -0.15) is 5.10 Å². The van der Waals surface area contributed by atoms with E-state index in [0.717, 1.165) is 0 Å². The zero-order valence-corrected chi connectivity index (χ0v) is 6.34. The van der Waals surface area contributed by atoms with Crippen LogP contribution in [0.3, 0.4) is 0 Å². The van der Waals surface area contributed by atoms with Gasteiger partial charge in [0, 0.05) is 16.5 Å². The lowest BCUT2D eigenvalue weighted by Crippen LogP contribution is -2.13. The lowest BCUT2D eigenvalue weighted by molar-refractivity contribution is 0.814. The van der Waals surface area contributed by atoms with Crippen LogP contribution in [0.4, 0.5) is 0 Å². The van der Waals surface area contributed by atoms with Crippen LogP contribution in [-0.2, 0) is 0 Å². The van der Waals surface area contributed by atoms with Crippen LogP contribution in [0.1, 0.15) is 15.2 Å². The fourth-order valence-corrected chi connectivity index (χ4v) is 0.776. The Bertz CT molecular complexity index is 728. The highest BCUT2D eigenvalue weighted by molar-refractivity contribution is 5.19. The summed E-state index contributed by atoms with van der Waals surface area (Å²) in [5, 5.41) is 10.9. The van der Waals surface area contributed by atoms with E-state index >= 15 is 0 Å². The predicted molar refractivity (Wildman–Crippen MR) is 46.3 cm³/mol. The van der Waals surface area contributed by atoms with Gasteiger partial charge in [0.15, 0.2) is 0 Å². The SMILES string of the molecule is [2H]c1nc(=N)[nH]c(-n2nc([2H])c(C([2H])([2H])[2H])c2[2H])c1[2H]. The molecule has 5 heteroatoms. The number of H-pyrrole nitrogens is 1. The van der Waals surface area contributed by atoms with Crippen molar-refractivity contribution in [3.63, 3.8) is 0 Å². The van der Waals surface area contributed by atoms with Crippen molar-refractivity contribution in [1.29, 1.82) is 5.41 Å². The number of nitrogens with one attached hydrogen (secondary N) is 2. The summed E-state index contributed by atoms with van der Waals surface area (Å²) in [5.41, 5.74) is -0.988. The predicted octanol–water partition coefficient (Wildman–Crippen LogP) is 0.383. The zero-order valence-electron chi connectivity index (χ0n) is 13.3. The molecule has 2 heterocycles. The van der Waals surface area contributed by atoms with Gasteiger partial charge in [0.25, 0.3) is 0 Å². The molecule has 0 atom stereocenters. The van der Waals surface area contributed by atoms with Crippen LogP contribution in [0.5, 0.6) is 0 Å². The van der Waals surface area contributed by atoms with Crippen molar-refractivity contribution in [1.82, 2.24) is 19.7 Å². The Morgan fingerprint density at radius 1 is 1.77 bits per heavy atom. The third-order valence-electron chi connectivity index (χ3n) is 1.27. The molecule has 0 radical (unpaired) electrons. The van der Waals surface area contributed by atoms with Crippen molar-refractivity contribution < 1.29 is 9.60 Å². The number of aromatic amines is 1. The lowest BCUT2D eigenvalue weighted by atomic mass is 10.4. The molecular weight excluding hydrogens is 166 g/mol. The zero-order chi connectivity index (χ0) is 15.2. The van der Waals surface area contributed by atoms with E-state index in [1.165, 1.54) is 0 Å². The molecule has 2 aromatic rings. The average molecular weight is 182 g/mol. The molecule has 0 fully saturated rings. The van der Waals surface area contributed by atoms with E-state index in [-0.39, 0.29) is 5.82 Å². The second-order valence-electron chi connectivity index (χ2n) is 2.18. The highest BCUT2D eigenvalue weighted by atomic mass is 15.3. The topological polar surface area (TPSA) is 70.3 Å². The molecule has 0 bridgehead atoms. The average Bonchev–Trinajstić information content (AvgIpc) is 2.58. The summed E-state index contributed by atoms with van der Waals surface area (Å²) in [6.45, 7) is -2.69. The van der Waals surface area contributed by atoms with Gasteiger partial charge in [-0.1, -0.05) is 0 Å². The Morgan fingerprint density at radius 2 is 2.69 bits per heavy atom. The molecule has 0 unspecified atom stereocenters. The van der Waals surface area contributed by atoms with Crippen LogP contribution in [0.15, 0.2) is 24.6 Å². The Morgan fingerprint density at radius 3 is 3.46 bits per heavy atom. The maximum absolute atomic E-state index is 7.77. The Balaban J connectivity index is 2.76. The highest BCUT2D eigenvalue weighted by Gasteiger charge is 1.96. The van der Waals surface area contributed by atoms with Crippen molar-refractivity contribution in [3.8, 4) is 5.82 Å². The largest absolute Gasteiger partial charge is 0.309 e. The summed E-state index contributed by atoms with van der Waals surface area (Å²) in [6, 6.07) is -0.450. The van der Waals surface area contributed by atoms with E-state index in [9.17, 15) is 0 Å². The van der Waals surface area contributed by atoms with E-state index < -0.39 is 42.6 Å². The van der Waals surface area contributed by atoms with E-state index in [1.54, 1.807) is 0 Å². The van der Waals surface area contributed by atoms with Crippen molar-refractivity contribution in [2.45, 2.75) is 6.85 Å². The third kappa shape index (κ3) is 1.48. The smallest absolute Gasteiger partial charge is 0.220 e. The highest BCUT2D eigenvalue weighted by Crippen LogP contribution is 2.00. The molecule has 0 aromatic carbocycles. The van der Waals surface area contributed by atoms with Gasteiger partial charge in [-0.25, -0.2) is 9.67 Å². The van der Waals surface area contributed by atoms with Gasteiger partial charge in [0.2, 0.25) is 5.62 Å². The molecule has 13 heavy (non-hydrogen) atoms. The fraction of sp³-hybridized carbons (Fsp3) is 0.125. The van der Waals surface area contributed by atoms with E-state index in [0.29, 0.717) is 4.68 Å². The molecule has 5 nitrogen and oxygen atoms in total. The molecule has 0 aliphatic carbocycles. The molecule has 0 saturated heterocycles. The van der Waals surface area contributed by atoms with Crippen LogP contribution in [0.2, 0.25) is 0 Å². The minimum absolute atomic E-state index is 0.246. The quantitative estimate of drug-likeness (QED) is 0.669. The molecule has 0 aliphatic rings. The maximum Gasteiger partial charge on any atom is 0.220 e. The van der Waals surface area contributed by atoms with Crippen LogP contribution in [0.25, 0.3) is 5.82 Å². The summed E-state index contributed by atoms with van der Waals surface area (Å²) >= 11 is 0. The third-order valence-corrected chi connectivity index (χ3v) is 1.27. The van der Waals surface area contributed by atoms with Gasteiger partial charge in [-0.05, 0) is 18.5 Å². The van der Waals surface area contributed by atoms with Crippen molar-refractivity contribution >= 4 is 0 Å². The first-order valence-electron chi connectivity index (χ1n) is 6.82. The summed E-state index contributed by atoms with van der Waals surface area (Å²) in [7, 11) is 0. The van der Waals surface area contributed by atoms with Crippen molar-refractivity contribution in [3.05, 3.63) is 35.7 Å². The van der Waals surface area contributed by atoms with Gasteiger partial charge in [0.05, 0.1) is 11.7 Å². The number of hydrogen-bond donors (Lipinski definition) is 2. The van der Waals surface area contributed by atoms with E-state index in [1.807, 2.05) is 0 Å². The van der Waals surface area contributed by atoms with Gasteiger partial charge < -0.3 is 4.98 Å². The second-order valence-corrected chi connectivity index (χ2v) is 2.18. The lowest BCUT2D eigenvalue weighted by Gasteiger charge is -1.98. The number of hydrogen-bond acceptors (Lipinski definition) is 3. The molecule has 0 amide bonds. The van der Waals surface area contributed by atoms with Gasteiger partial charge >= 0.3 is 0 Å². The van der Waals surface area contributed by atoms with Crippen LogP contribution in [-0.4, -0.2) is 19.7 Å².